The molecule has 0 unspecified atom stereocenters. The molecule has 120 valence electrons. The second-order valence-electron chi connectivity index (χ2n) is 5.20. The Morgan fingerprint density at radius 2 is 1.70 bits per heavy atom. The molecule has 2 aromatic carbocycles. The monoisotopic (exact) mass is 350 g/mol. The van der Waals surface area contributed by atoms with Crippen LogP contribution in [0.25, 0.3) is 0 Å². The van der Waals surface area contributed by atoms with Gasteiger partial charge in [0.25, 0.3) is 5.91 Å². The zero-order valence-electron chi connectivity index (χ0n) is 12.8. The first-order valence-corrected chi connectivity index (χ1v) is 7.69. The first kappa shape index (κ1) is 17.3. The summed E-state index contributed by atoms with van der Waals surface area (Å²) in [5.74, 6) is -0.527. The minimum absolute atomic E-state index is 0.0625. The number of hydrogen-bond donors (Lipinski definition) is 1. The van der Waals surface area contributed by atoms with E-state index in [0.717, 1.165) is 5.56 Å². The van der Waals surface area contributed by atoms with Crippen LogP contribution in [-0.2, 0) is 4.79 Å². The summed E-state index contributed by atoms with van der Waals surface area (Å²) in [5, 5.41) is 3.45. The quantitative estimate of drug-likeness (QED) is 0.905. The number of likely N-dealkylation sites (N-methyl/N-ethyl adjacent to an activating group) is 1. The Bertz CT molecular complexity index is 730. The lowest BCUT2D eigenvalue weighted by Crippen LogP contribution is -2.34. The van der Waals surface area contributed by atoms with E-state index in [1.54, 1.807) is 37.4 Å². The van der Waals surface area contributed by atoms with Gasteiger partial charge in [-0.25, -0.2) is 0 Å². The third-order valence-electron chi connectivity index (χ3n) is 3.23. The van der Waals surface area contributed by atoms with Crippen molar-refractivity contribution in [1.29, 1.82) is 0 Å². The summed E-state index contributed by atoms with van der Waals surface area (Å²) >= 11 is 11.7. The van der Waals surface area contributed by atoms with Gasteiger partial charge in [0.15, 0.2) is 0 Å². The van der Waals surface area contributed by atoms with E-state index in [9.17, 15) is 9.59 Å². The summed E-state index contributed by atoms with van der Waals surface area (Å²) in [4.78, 5) is 25.6. The predicted molar refractivity (Wildman–Crippen MR) is 93.2 cm³/mol. The average Bonchev–Trinajstić information content (AvgIpc) is 2.51. The zero-order chi connectivity index (χ0) is 17.0. The summed E-state index contributed by atoms with van der Waals surface area (Å²) in [6.45, 7) is 1.88. The Kier molecular flexibility index (Phi) is 5.64. The Morgan fingerprint density at radius 3 is 2.30 bits per heavy atom. The first-order valence-electron chi connectivity index (χ1n) is 6.94. The molecule has 0 aliphatic carbocycles. The van der Waals surface area contributed by atoms with Gasteiger partial charge in [-0.05, 0) is 37.3 Å². The van der Waals surface area contributed by atoms with E-state index in [4.69, 9.17) is 23.2 Å². The van der Waals surface area contributed by atoms with Crippen LogP contribution >= 0.6 is 23.2 Å². The maximum atomic E-state index is 12.3. The molecule has 0 bridgehead atoms. The number of nitrogens with one attached hydrogen (secondary N) is 1. The summed E-state index contributed by atoms with van der Waals surface area (Å²) in [5.41, 5.74) is 2.14. The second-order valence-corrected chi connectivity index (χ2v) is 6.02. The van der Waals surface area contributed by atoms with Gasteiger partial charge in [0, 0.05) is 18.3 Å². The molecule has 1 N–H and O–H groups in total. The Morgan fingerprint density at radius 1 is 1.04 bits per heavy atom. The van der Waals surface area contributed by atoms with Crippen molar-refractivity contribution in [1.82, 2.24) is 4.90 Å². The molecule has 6 heteroatoms. The van der Waals surface area contributed by atoms with Gasteiger partial charge in [-0.1, -0.05) is 40.9 Å². The van der Waals surface area contributed by atoms with Crippen molar-refractivity contribution in [3.8, 4) is 0 Å². The molecule has 0 fully saturated rings. The molecule has 0 spiro atoms. The largest absolute Gasteiger partial charge is 0.332 e. The summed E-state index contributed by atoms with van der Waals surface area (Å²) < 4.78 is 0. The minimum atomic E-state index is -0.314. The molecule has 23 heavy (non-hydrogen) atoms. The van der Waals surface area contributed by atoms with Crippen LogP contribution in [0.4, 0.5) is 5.69 Å². The van der Waals surface area contributed by atoms with Gasteiger partial charge in [-0.3, -0.25) is 9.59 Å². The molecule has 0 radical (unpaired) electrons. The van der Waals surface area contributed by atoms with E-state index in [1.807, 2.05) is 19.1 Å². The zero-order valence-corrected chi connectivity index (χ0v) is 14.3. The highest BCUT2D eigenvalue weighted by Crippen LogP contribution is 2.24. The van der Waals surface area contributed by atoms with E-state index >= 15 is 0 Å². The molecule has 2 aromatic rings. The van der Waals surface area contributed by atoms with Gasteiger partial charge in [-0.15, -0.1) is 0 Å². The third-order valence-corrected chi connectivity index (χ3v) is 3.97. The molecule has 0 atom stereocenters. The smallest absolute Gasteiger partial charge is 0.254 e. The normalized spacial score (nSPS) is 10.3. The fourth-order valence-corrected chi connectivity index (χ4v) is 2.28. The highest BCUT2D eigenvalue weighted by Gasteiger charge is 2.15. The van der Waals surface area contributed by atoms with Gasteiger partial charge in [0.2, 0.25) is 5.91 Å². The second kappa shape index (κ2) is 7.49. The number of carbonyl (C=O) groups is 2. The highest BCUT2D eigenvalue weighted by molar-refractivity contribution is 6.42. The Balaban J connectivity index is 1.97. The number of hydrogen-bond acceptors (Lipinski definition) is 2. The van der Waals surface area contributed by atoms with Gasteiger partial charge >= 0.3 is 0 Å². The van der Waals surface area contributed by atoms with E-state index in [0.29, 0.717) is 21.3 Å². The number of nitrogens with zero attached hydrogens (tertiary/aromatic N) is 1. The maximum absolute atomic E-state index is 12.3. The molecule has 2 amide bonds. The van der Waals surface area contributed by atoms with Crippen molar-refractivity contribution >= 4 is 40.7 Å². The molecule has 0 aliphatic rings. The summed E-state index contributed by atoms with van der Waals surface area (Å²) in [7, 11) is 1.58. The van der Waals surface area contributed by atoms with Crippen LogP contribution < -0.4 is 5.32 Å². The lowest BCUT2D eigenvalue weighted by molar-refractivity contribution is -0.116. The number of aryl methyl sites for hydroxylation is 1. The topological polar surface area (TPSA) is 49.4 Å². The molecule has 2 rings (SSSR count). The molecule has 4 nitrogen and oxygen atoms in total. The fraction of sp³-hybridized carbons (Fsp3) is 0.176. The van der Waals surface area contributed by atoms with Crippen LogP contribution in [0.5, 0.6) is 0 Å². The van der Waals surface area contributed by atoms with Gasteiger partial charge < -0.3 is 10.2 Å². The lowest BCUT2D eigenvalue weighted by atomic mass is 10.1. The number of carbonyl (C=O) groups excluding carboxylic acids is 2. The standard InChI is InChI=1S/C17H16Cl2N2O2/c1-11-3-5-12(6-4-11)17(23)21(2)10-16(22)20-13-7-8-14(18)15(19)9-13/h3-9H,10H2,1-2H3,(H,20,22). The van der Waals surface area contributed by atoms with Crippen molar-refractivity contribution in [2.45, 2.75) is 6.92 Å². The van der Waals surface area contributed by atoms with E-state index in [2.05, 4.69) is 5.32 Å². The van der Waals surface area contributed by atoms with Crippen molar-refractivity contribution in [3.05, 3.63) is 63.6 Å². The van der Waals surface area contributed by atoms with Gasteiger partial charge in [0.1, 0.15) is 0 Å². The molecular weight excluding hydrogens is 335 g/mol. The van der Waals surface area contributed by atoms with Crippen LogP contribution in [0.2, 0.25) is 10.0 Å². The molecule has 0 aliphatic heterocycles. The summed E-state index contributed by atoms with van der Waals surface area (Å²) in [6, 6.07) is 12.0. The first-order chi connectivity index (χ1) is 10.9. The predicted octanol–water partition coefficient (Wildman–Crippen LogP) is 4.01. The van der Waals surface area contributed by atoms with Crippen molar-refractivity contribution < 1.29 is 9.59 Å². The Labute approximate surface area is 145 Å². The Hall–Kier alpha value is -2.04. The van der Waals surface area contributed by atoms with Crippen molar-refractivity contribution in [3.63, 3.8) is 0 Å². The summed E-state index contributed by atoms with van der Waals surface area (Å²) in [6.07, 6.45) is 0. The van der Waals surface area contributed by atoms with Crippen molar-refractivity contribution in [2.75, 3.05) is 18.9 Å². The van der Waals surface area contributed by atoms with Gasteiger partial charge in [-0.2, -0.15) is 0 Å². The average molecular weight is 351 g/mol. The highest BCUT2D eigenvalue weighted by atomic mass is 35.5. The molecule has 0 saturated heterocycles. The number of anilines is 1. The lowest BCUT2D eigenvalue weighted by Gasteiger charge is -2.17. The molecule has 0 aromatic heterocycles. The van der Waals surface area contributed by atoms with Crippen LogP contribution in [0.3, 0.4) is 0 Å². The van der Waals surface area contributed by atoms with Crippen molar-refractivity contribution in [2.24, 2.45) is 0 Å². The number of amides is 2. The number of benzene rings is 2. The van der Waals surface area contributed by atoms with Crippen LogP contribution in [0.15, 0.2) is 42.5 Å². The van der Waals surface area contributed by atoms with Gasteiger partial charge in [0.05, 0.1) is 16.6 Å². The molecular formula is C17H16Cl2N2O2. The van der Waals surface area contributed by atoms with Crippen LogP contribution in [0.1, 0.15) is 15.9 Å². The third kappa shape index (κ3) is 4.71. The van der Waals surface area contributed by atoms with E-state index < -0.39 is 0 Å². The van der Waals surface area contributed by atoms with Crippen LogP contribution in [0, 0.1) is 6.92 Å². The fourth-order valence-electron chi connectivity index (χ4n) is 1.98. The maximum Gasteiger partial charge on any atom is 0.254 e. The SMILES string of the molecule is Cc1ccc(C(=O)N(C)CC(=O)Nc2ccc(Cl)c(Cl)c2)cc1. The van der Waals surface area contributed by atoms with E-state index in [1.165, 1.54) is 4.90 Å². The number of rotatable bonds is 4. The number of halogens is 2. The van der Waals surface area contributed by atoms with Crippen LogP contribution in [-0.4, -0.2) is 30.3 Å². The molecule has 0 saturated carbocycles. The van der Waals surface area contributed by atoms with E-state index in [-0.39, 0.29) is 18.4 Å². The molecule has 0 heterocycles. The minimum Gasteiger partial charge on any atom is -0.332 e.